The van der Waals surface area contributed by atoms with Crippen molar-refractivity contribution in [1.29, 1.82) is 0 Å². The Kier molecular flexibility index (Phi) is 12.0. The number of likely N-dealkylation sites (tertiary alicyclic amines) is 1. The fraction of sp³-hybridized carbons (Fsp3) is 0.600. The molecule has 3 aliphatic rings. The van der Waals surface area contributed by atoms with Crippen molar-refractivity contribution in [2.45, 2.75) is 95.0 Å². The number of nitrogens with one attached hydrogen (secondary N) is 1. The number of amides is 3. The van der Waals surface area contributed by atoms with Crippen molar-refractivity contribution < 1.29 is 33.8 Å². The summed E-state index contributed by atoms with van der Waals surface area (Å²) in [6.45, 7) is 11.9. The number of aliphatic hydroxyl groups is 1. The van der Waals surface area contributed by atoms with Gasteiger partial charge in [0.15, 0.2) is 0 Å². The van der Waals surface area contributed by atoms with Crippen molar-refractivity contribution in [3.8, 4) is 0 Å². The Hall–Kier alpha value is -3.50. The summed E-state index contributed by atoms with van der Waals surface area (Å²) in [7, 11) is 0. The normalized spacial score (nSPS) is 26.2. The lowest BCUT2D eigenvalue weighted by atomic mass is 9.70. The quantitative estimate of drug-likeness (QED) is 0.145. The summed E-state index contributed by atoms with van der Waals surface area (Å²) in [5, 5.41) is 13.4. The van der Waals surface area contributed by atoms with E-state index in [2.05, 4.69) is 25.4 Å². The molecule has 1 aromatic carbocycles. The number of benzene rings is 1. The molecule has 2 bridgehead atoms. The minimum Gasteiger partial charge on any atom is -0.463 e. The summed E-state index contributed by atoms with van der Waals surface area (Å²) in [6, 6.07) is 7.04. The second-order valence-electron chi connectivity index (χ2n) is 12.3. The third-order valence-corrected chi connectivity index (χ3v) is 9.52. The van der Waals surface area contributed by atoms with Crippen LogP contribution in [0.3, 0.4) is 0 Å². The Morgan fingerprint density at radius 3 is 2.60 bits per heavy atom. The molecule has 2 N–H and O–H groups in total. The summed E-state index contributed by atoms with van der Waals surface area (Å²) < 4.78 is 12.1. The molecule has 0 aliphatic carbocycles. The molecule has 10 nitrogen and oxygen atoms in total. The molecule has 3 heterocycles. The van der Waals surface area contributed by atoms with Crippen molar-refractivity contribution in [1.82, 2.24) is 15.1 Å². The lowest BCUT2D eigenvalue weighted by molar-refractivity contribution is -0.151. The van der Waals surface area contributed by atoms with E-state index in [1.807, 2.05) is 37.3 Å². The van der Waals surface area contributed by atoms with E-state index in [4.69, 9.17) is 9.47 Å². The molecule has 1 spiro atoms. The molecule has 0 unspecified atom stereocenters. The van der Waals surface area contributed by atoms with Crippen LogP contribution in [0.5, 0.6) is 0 Å². The molecule has 1 aromatic rings. The van der Waals surface area contributed by atoms with Crippen LogP contribution in [0, 0.1) is 11.8 Å². The highest BCUT2D eigenvalue weighted by Crippen LogP contribution is 2.59. The molecule has 45 heavy (non-hydrogen) atoms. The average Bonchev–Trinajstić information content (AvgIpc) is 3.70. The Morgan fingerprint density at radius 1 is 1.20 bits per heavy atom. The second kappa shape index (κ2) is 15.7. The Labute approximate surface area is 266 Å². The Morgan fingerprint density at radius 2 is 1.96 bits per heavy atom. The number of hydrogen-bond acceptors (Lipinski definition) is 7. The van der Waals surface area contributed by atoms with Crippen LogP contribution in [-0.4, -0.2) is 88.7 Å². The third-order valence-electron chi connectivity index (χ3n) is 9.52. The zero-order valence-corrected chi connectivity index (χ0v) is 26.7. The summed E-state index contributed by atoms with van der Waals surface area (Å²) in [5.41, 5.74) is -0.417. The van der Waals surface area contributed by atoms with Crippen LogP contribution in [0.4, 0.5) is 0 Å². The molecule has 0 aromatic heterocycles. The highest BCUT2D eigenvalue weighted by atomic mass is 16.5. The zero-order chi connectivity index (χ0) is 32.6. The molecule has 3 fully saturated rings. The topological polar surface area (TPSA) is 125 Å². The van der Waals surface area contributed by atoms with E-state index in [1.54, 1.807) is 17.1 Å². The third kappa shape index (κ3) is 7.02. The monoisotopic (exact) mass is 623 g/mol. The van der Waals surface area contributed by atoms with Crippen molar-refractivity contribution >= 4 is 23.7 Å². The first-order valence-corrected chi connectivity index (χ1v) is 16.4. The van der Waals surface area contributed by atoms with Crippen LogP contribution in [0.25, 0.3) is 0 Å². The number of esters is 1. The highest BCUT2D eigenvalue weighted by molar-refractivity contribution is 5.99. The zero-order valence-electron chi connectivity index (χ0n) is 26.7. The van der Waals surface area contributed by atoms with Gasteiger partial charge in [-0.3, -0.25) is 19.2 Å². The first-order valence-electron chi connectivity index (χ1n) is 16.4. The van der Waals surface area contributed by atoms with Crippen LogP contribution < -0.4 is 5.32 Å². The molecule has 10 heteroatoms. The summed E-state index contributed by atoms with van der Waals surface area (Å²) in [6.07, 6.45) is 7.67. The fourth-order valence-electron chi connectivity index (χ4n) is 7.29. The average molecular weight is 624 g/mol. The van der Waals surface area contributed by atoms with E-state index in [9.17, 15) is 24.3 Å². The number of hydrogen-bond donors (Lipinski definition) is 2. The molecule has 0 radical (unpaired) electrons. The molecule has 3 aliphatic heterocycles. The van der Waals surface area contributed by atoms with Crippen molar-refractivity contribution in [2.24, 2.45) is 11.8 Å². The lowest BCUT2D eigenvalue weighted by Crippen LogP contribution is -2.58. The largest absolute Gasteiger partial charge is 0.463 e. The van der Waals surface area contributed by atoms with Crippen molar-refractivity contribution in [3.05, 3.63) is 61.2 Å². The van der Waals surface area contributed by atoms with Crippen LogP contribution in [0.1, 0.15) is 76.8 Å². The molecule has 246 valence electrons. The van der Waals surface area contributed by atoms with Gasteiger partial charge in [-0.2, -0.15) is 0 Å². The first kappa shape index (κ1) is 34.4. The van der Waals surface area contributed by atoms with E-state index >= 15 is 0 Å². The number of fused-ring (bicyclic) bond motifs is 1. The molecule has 3 saturated heterocycles. The van der Waals surface area contributed by atoms with Crippen LogP contribution in [-0.2, 0) is 28.7 Å². The van der Waals surface area contributed by atoms with E-state index < -0.39 is 47.6 Å². The van der Waals surface area contributed by atoms with Gasteiger partial charge in [-0.05, 0) is 37.7 Å². The molecule has 7 atom stereocenters. The van der Waals surface area contributed by atoms with Gasteiger partial charge in [0.1, 0.15) is 18.2 Å². The number of unbranched alkanes of at least 4 members (excludes halogenated alkanes) is 2. The fourth-order valence-corrected chi connectivity index (χ4v) is 7.29. The minimum absolute atomic E-state index is 0.0718. The van der Waals surface area contributed by atoms with Gasteiger partial charge >= 0.3 is 5.97 Å². The van der Waals surface area contributed by atoms with Crippen molar-refractivity contribution in [3.63, 3.8) is 0 Å². The van der Waals surface area contributed by atoms with Gasteiger partial charge in [0.25, 0.3) is 0 Å². The molecular formula is C35H49N3O7. The molecule has 3 amide bonds. The van der Waals surface area contributed by atoms with Crippen LogP contribution in [0.15, 0.2) is 55.6 Å². The van der Waals surface area contributed by atoms with Crippen LogP contribution in [0.2, 0.25) is 0 Å². The molecule has 4 rings (SSSR count). The minimum atomic E-state index is -1.17. The number of nitrogens with zero attached hydrogens (tertiary/aromatic N) is 2. The van der Waals surface area contributed by atoms with Gasteiger partial charge in [0, 0.05) is 19.5 Å². The summed E-state index contributed by atoms with van der Waals surface area (Å²) >= 11 is 0. The van der Waals surface area contributed by atoms with E-state index in [1.165, 1.54) is 4.90 Å². The van der Waals surface area contributed by atoms with Crippen molar-refractivity contribution in [2.75, 3.05) is 26.3 Å². The van der Waals surface area contributed by atoms with E-state index in [0.717, 1.165) is 24.8 Å². The van der Waals surface area contributed by atoms with Crippen LogP contribution >= 0.6 is 0 Å². The Bertz CT molecular complexity index is 1220. The molecule has 0 saturated carbocycles. The molecular weight excluding hydrogens is 574 g/mol. The van der Waals surface area contributed by atoms with Gasteiger partial charge in [-0.25, -0.2) is 0 Å². The summed E-state index contributed by atoms with van der Waals surface area (Å²) in [4.78, 5) is 58.4. The summed E-state index contributed by atoms with van der Waals surface area (Å²) in [5.74, 6) is -3.06. The maximum absolute atomic E-state index is 14.4. The smallest absolute Gasteiger partial charge is 0.306 e. The Balaban J connectivity index is 1.64. The maximum atomic E-state index is 14.4. The van der Waals surface area contributed by atoms with Gasteiger partial charge in [0.2, 0.25) is 17.7 Å². The number of carbonyl (C=O) groups excluding carboxylic acids is 4. The first-order chi connectivity index (χ1) is 21.8. The highest BCUT2D eigenvalue weighted by Gasteiger charge is 2.75. The maximum Gasteiger partial charge on any atom is 0.306 e. The number of ether oxygens (including phenoxy) is 2. The number of carbonyl (C=O) groups is 4. The van der Waals surface area contributed by atoms with Gasteiger partial charge < -0.3 is 29.7 Å². The second-order valence-corrected chi connectivity index (χ2v) is 12.3. The van der Waals surface area contributed by atoms with Gasteiger partial charge in [-0.15, -0.1) is 13.2 Å². The predicted molar refractivity (Wildman–Crippen MR) is 170 cm³/mol. The number of aliphatic hydroxyl groups excluding tert-OH is 1. The standard InChI is InChI=1S/C35H49N3O7/c1-5-9-14-21-37(20-7-3)34(43)31-35-19-18-27(45-35)29(30(35)33(42)38(31)25(8-4)22-39)32(41)36-26(24-15-12-11-13-16-24)23-44-28(40)17-10-6-2/h6-7,11-13,15-16,25-27,29-31,39H,2-3,5,8-10,14,17-23H2,1,4H3,(H,36,41)/t25-,26-,27+,29-,30-,31+,35-/m0/s1. The number of allylic oxidation sites excluding steroid dienone is 1. The van der Waals surface area contributed by atoms with E-state index in [0.29, 0.717) is 38.8 Å². The SMILES string of the molecule is C=CCCC(=O)OC[C@H](NC(=O)[C@@H]1[C@H]2C(=O)N([C@@H](CC)CO)[C@H](C(=O)N(CC=C)CCCCC)[C@]23CC[C@H]1O3)c1ccccc1. The number of rotatable bonds is 18. The predicted octanol–water partition coefficient (Wildman–Crippen LogP) is 3.70. The van der Waals surface area contributed by atoms with Gasteiger partial charge in [0.05, 0.1) is 36.6 Å². The lowest BCUT2D eigenvalue weighted by Gasteiger charge is -2.39. The van der Waals surface area contributed by atoms with Gasteiger partial charge in [-0.1, -0.05) is 69.2 Å². The van der Waals surface area contributed by atoms with E-state index in [-0.39, 0.29) is 37.4 Å².